The molecule has 14 heavy (non-hydrogen) atoms. The smallest absolute Gasteiger partial charge is 0.257 e. The second-order valence-corrected chi connectivity index (χ2v) is 3.94. The Balaban J connectivity index is 2.44. The van der Waals surface area contributed by atoms with Gasteiger partial charge in [-0.15, -0.1) is 0 Å². The number of fused-ring (bicyclic) bond motifs is 1. The number of aliphatic hydroxyl groups is 1. The molecule has 4 nitrogen and oxygen atoms in total. The lowest BCUT2D eigenvalue weighted by Crippen LogP contribution is -2.38. The number of carbonyl (C=O) groups excluding carboxylic acids is 1. The van der Waals surface area contributed by atoms with Crippen LogP contribution in [0.2, 0.25) is 0 Å². The summed E-state index contributed by atoms with van der Waals surface area (Å²) in [5.74, 6) is 0.281. The molecule has 0 aliphatic carbocycles. The lowest BCUT2D eigenvalue weighted by molar-refractivity contribution is -0.116. The van der Waals surface area contributed by atoms with Gasteiger partial charge in [-0.1, -0.05) is 6.92 Å². The van der Waals surface area contributed by atoms with Crippen LogP contribution in [-0.4, -0.2) is 29.3 Å². The fourth-order valence-electron chi connectivity index (χ4n) is 2.05. The number of aliphatic hydroxyl groups excluding tert-OH is 1. The third kappa shape index (κ3) is 1.22. The molecule has 0 aromatic carbocycles. The zero-order chi connectivity index (χ0) is 10.3. The van der Waals surface area contributed by atoms with Gasteiger partial charge in [0.1, 0.15) is 5.76 Å². The monoisotopic (exact) mass is 194 g/mol. The molecule has 76 valence electrons. The highest BCUT2D eigenvalue weighted by molar-refractivity contribution is 6.29. The topological polar surface area (TPSA) is 61.7 Å². The second kappa shape index (κ2) is 3.12. The molecule has 0 saturated carbocycles. The van der Waals surface area contributed by atoms with E-state index in [4.69, 9.17) is 0 Å². The maximum Gasteiger partial charge on any atom is 0.257 e. The van der Waals surface area contributed by atoms with Crippen molar-refractivity contribution in [3.05, 3.63) is 11.3 Å². The summed E-state index contributed by atoms with van der Waals surface area (Å²) in [5, 5.41) is 12.2. The molecule has 2 heterocycles. The Bertz CT molecular complexity index is 340. The number of hydrogen-bond acceptors (Lipinski definition) is 3. The Kier molecular flexibility index (Phi) is 2.06. The van der Waals surface area contributed by atoms with Gasteiger partial charge in [0.05, 0.1) is 17.3 Å². The van der Waals surface area contributed by atoms with Crippen LogP contribution in [0.15, 0.2) is 16.3 Å². The van der Waals surface area contributed by atoms with Gasteiger partial charge in [0.25, 0.3) is 5.91 Å². The SMILES string of the molecule is CC(O)=C1C(=O)NC2C1=NCCC2C. The first kappa shape index (κ1) is 9.24. The Labute approximate surface area is 82.7 Å². The molecule has 2 unspecified atom stereocenters. The van der Waals surface area contributed by atoms with Crippen LogP contribution in [-0.2, 0) is 4.79 Å². The van der Waals surface area contributed by atoms with Crippen molar-refractivity contribution < 1.29 is 9.90 Å². The lowest BCUT2D eigenvalue weighted by atomic mass is 9.91. The predicted molar refractivity (Wildman–Crippen MR) is 53.3 cm³/mol. The van der Waals surface area contributed by atoms with E-state index in [9.17, 15) is 9.90 Å². The molecule has 0 aromatic heterocycles. The molecule has 2 rings (SSSR count). The molecule has 0 radical (unpaired) electrons. The van der Waals surface area contributed by atoms with Crippen LogP contribution in [0.1, 0.15) is 20.3 Å². The van der Waals surface area contributed by atoms with Crippen molar-refractivity contribution in [2.75, 3.05) is 6.54 Å². The second-order valence-electron chi connectivity index (χ2n) is 3.94. The van der Waals surface area contributed by atoms with Crippen LogP contribution in [0, 0.1) is 5.92 Å². The minimum absolute atomic E-state index is 0.00773. The standard InChI is InChI=1S/C10H14N2O2/c1-5-3-4-11-9-7(6(2)13)10(14)12-8(5)9/h5,8,13H,3-4H2,1-2H3,(H,12,14). The first-order chi connectivity index (χ1) is 6.61. The Morgan fingerprint density at radius 2 is 2.36 bits per heavy atom. The van der Waals surface area contributed by atoms with Gasteiger partial charge in [0, 0.05) is 6.54 Å². The number of rotatable bonds is 0. The van der Waals surface area contributed by atoms with E-state index in [1.165, 1.54) is 6.92 Å². The van der Waals surface area contributed by atoms with Crippen LogP contribution < -0.4 is 5.32 Å². The van der Waals surface area contributed by atoms with Gasteiger partial charge in [0.2, 0.25) is 0 Å². The lowest BCUT2D eigenvalue weighted by Gasteiger charge is -2.23. The predicted octanol–water partition coefficient (Wildman–Crippen LogP) is 0.798. The summed E-state index contributed by atoms with van der Waals surface area (Å²) in [6.45, 7) is 4.37. The van der Waals surface area contributed by atoms with E-state index in [1.807, 2.05) is 0 Å². The summed E-state index contributed by atoms with van der Waals surface area (Å²) in [5.41, 5.74) is 1.12. The zero-order valence-corrected chi connectivity index (χ0v) is 8.37. The molecule has 0 spiro atoms. The summed E-state index contributed by atoms with van der Waals surface area (Å²) < 4.78 is 0. The van der Waals surface area contributed by atoms with E-state index >= 15 is 0 Å². The maximum absolute atomic E-state index is 11.5. The highest BCUT2D eigenvalue weighted by atomic mass is 16.3. The minimum Gasteiger partial charge on any atom is -0.512 e. The van der Waals surface area contributed by atoms with E-state index in [0.29, 0.717) is 11.5 Å². The number of nitrogens with zero attached hydrogens (tertiary/aromatic N) is 1. The Morgan fingerprint density at radius 1 is 1.64 bits per heavy atom. The van der Waals surface area contributed by atoms with Crippen molar-refractivity contribution in [1.82, 2.24) is 5.32 Å². The van der Waals surface area contributed by atoms with Crippen molar-refractivity contribution in [2.24, 2.45) is 10.9 Å². The Hall–Kier alpha value is -1.32. The van der Waals surface area contributed by atoms with Crippen molar-refractivity contribution in [2.45, 2.75) is 26.3 Å². The first-order valence-electron chi connectivity index (χ1n) is 4.86. The number of nitrogens with one attached hydrogen (secondary N) is 1. The van der Waals surface area contributed by atoms with Crippen LogP contribution in [0.3, 0.4) is 0 Å². The van der Waals surface area contributed by atoms with Gasteiger partial charge in [-0.2, -0.15) is 0 Å². The van der Waals surface area contributed by atoms with Gasteiger partial charge in [0.15, 0.2) is 0 Å². The number of hydrogen-bond donors (Lipinski definition) is 2. The molecule has 2 aliphatic rings. The average Bonchev–Trinajstić information content (AvgIpc) is 2.42. The summed E-state index contributed by atoms with van der Waals surface area (Å²) in [4.78, 5) is 15.8. The summed E-state index contributed by atoms with van der Waals surface area (Å²) in [7, 11) is 0. The number of amides is 1. The van der Waals surface area contributed by atoms with Crippen molar-refractivity contribution >= 4 is 11.6 Å². The summed E-state index contributed by atoms with van der Waals surface area (Å²) in [6, 6.07) is 0.00773. The normalized spacial score (nSPS) is 34.7. The third-order valence-electron chi connectivity index (χ3n) is 2.86. The Morgan fingerprint density at radius 3 is 3.00 bits per heavy atom. The summed E-state index contributed by atoms with van der Waals surface area (Å²) >= 11 is 0. The van der Waals surface area contributed by atoms with Crippen molar-refractivity contribution in [1.29, 1.82) is 0 Å². The maximum atomic E-state index is 11.5. The van der Waals surface area contributed by atoms with Crippen LogP contribution in [0.5, 0.6) is 0 Å². The molecule has 2 atom stereocenters. The first-order valence-corrected chi connectivity index (χ1v) is 4.86. The highest BCUT2D eigenvalue weighted by Gasteiger charge is 2.39. The van der Waals surface area contributed by atoms with Gasteiger partial charge in [-0.25, -0.2) is 0 Å². The molecule has 4 heteroatoms. The van der Waals surface area contributed by atoms with Crippen molar-refractivity contribution in [3.8, 4) is 0 Å². The fourth-order valence-corrected chi connectivity index (χ4v) is 2.05. The van der Waals surface area contributed by atoms with Crippen LogP contribution in [0.4, 0.5) is 0 Å². The highest BCUT2D eigenvalue weighted by Crippen LogP contribution is 2.25. The van der Waals surface area contributed by atoms with Crippen molar-refractivity contribution in [3.63, 3.8) is 0 Å². The van der Waals surface area contributed by atoms with E-state index < -0.39 is 0 Å². The van der Waals surface area contributed by atoms with E-state index in [-0.39, 0.29) is 17.7 Å². The molecule has 1 fully saturated rings. The summed E-state index contributed by atoms with van der Waals surface area (Å²) in [6.07, 6.45) is 0.992. The van der Waals surface area contributed by atoms with Gasteiger partial charge in [-0.3, -0.25) is 9.79 Å². The number of carbonyl (C=O) groups is 1. The van der Waals surface area contributed by atoms with Gasteiger partial charge < -0.3 is 10.4 Å². The molecule has 1 saturated heterocycles. The zero-order valence-electron chi connectivity index (χ0n) is 8.37. The van der Waals surface area contributed by atoms with Crippen LogP contribution in [0.25, 0.3) is 0 Å². The van der Waals surface area contributed by atoms with E-state index in [2.05, 4.69) is 17.2 Å². The van der Waals surface area contributed by atoms with E-state index in [0.717, 1.165) is 18.7 Å². The molecule has 2 aliphatic heterocycles. The van der Waals surface area contributed by atoms with Gasteiger partial charge >= 0.3 is 0 Å². The average molecular weight is 194 g/mol. The molecular formula is C10H14N2O2. The fraction of sp³-hybridized carbons (Fsp3) is 0.600. The van der Waals surface area contributed by atoms with Gasteiger partial charge in [-0.05, 0) is 19.3 Å². The molecule has 2 N–H and O–H groups in total. The minimum atomic E-state index is -0.192. The molecule has 1 amide bonds. The molecule has 0 bridgehead atoms. The quantitative estimate of drug-likeness (QED) is 0.442. The number of allylic oxidation sites excluding steroid dienone is 1. The van der Waals surface area contributed by atoms with Crippen LogP contribution >= 0.6 is 0 Å². The van der Waals surface area contributed by atoms with E-state index in [1.54, 1.807) is 0 Å². The molecule has 0 aromatic rings. The number of aliphatic imine (C=N–C) groups is 1. The largest absolute Gasteiger partial charge is 0.512 e. The molecular weight excluding hydrogens is 180 g/mol. The third-order valence-corrected chi connectivity index (χ3v) is 2.86.